The van der Waals surface area contributed by atoms with Crippen LogP contribution in [0.3, 0.4) is 0 Å². The number of rotatable bonds is 7. The second kappa shape index (κ2) is 12.0. The van der Waals surface area contributed by atoms with Gasteiger partial charge in [-0.2, -0.15) is 39.5 Å². The molecule has 2 aromatic carbocycles. The van der Waals surface area contributed by atoms with Crippen molar-refractivity contribution in [1.82, 2.24) is 10.2 Å². The number of nitrogens with zero attached hydrogens (tertiary/aromatic N) is 1. The van der Waals surface area contributed by atoms with Crippen molar-refractivity contribution in [2.45, 2.75) is 24.4 Å². The van der Waals surface area contributed by atoms with Gasteiger partial charge in [0.05, 0.1) is 27.7 Å². The monoisotopic (exact) mass is 612 g/mol. The molecule has 0 bridgehead atoms. The van der Waals surface area contributed by atoms with Gasteiger partial charge in [0.15, 0.2) is 0 Å². The zero-order chi connectivity index (χ0) is 29.9. The van der Waals surface area contributed by atoms with Gasteiger partial charge in [-0.25, -0.2) is 4.39 Å². The SMILES string of the molecule is CN(CC(F)(F)F)C(=O)CNC(=O)c1ccc(/C(F)=C/C(c2ccc(Cl)c(Cl)c2)C(F)(F)F)cc1C(F)(F)F. The first-order valence-corrected chi connectivity index (χ1v) is 11.2. The summed E-state index contributed by atoms with van der Waals surface area (Å²) in [5.41, 5.74) is -4.44. The fourth-order valence-electron chi connectivity index (χ4n) is 3.20. The molecule has 0 radical (unpaired) electrons. The van der Waals surface area contributed by atoms with E-state index in [1.165, 1.54) is 0 Å². The molecule has 4 nitrogen and oxygen atoms in total. The summed E-state index contributed by atoms with van der Waals surface area (Å²) in [7, 11) is 0.749. The second-order valence-electron chi connectivity index (χ2n) is 8.01. The number of hydrogen-bond donors (Lipinski definition) is 1. The summed E-state index contributed by atoms with van der Waals surface area (Å²) in [6.45, 7) is -2.79. The Kier molecular flexibility index (Phi) is 9.93. The molecule has 0 heterocycles. The van der Waals surface area contributed by atoms with Crippen molar-refractivity contribution in [3.8, 4) is 0 Å². The molecule has 0 aromatic heterocycles. The lowest BCUT2D eigenvalue weighted by Crippen LogP contribution is -2.42. The summed E-state index contributed by atoms with van der Waals surface area (Å²) >= 11 is 11.4. The van der Waals surface area contributed by atoms with Gasteiger partial charge < -0.3 is 10.2 Å². The molecule has 2 rings (SSSR count). The molecule has 1 atom stereocenters. The summed E-state index contributed by atoms with van der Waals surface area (Å²) < 4.78 is 134. The van der Waals surface area contributed by atoms with E-state index in [1.807, 2.05) is 0 Å². The fraction of sp³-hybridized carbons (Fsp3) is 0.304. The topological polar surface area (TPSA) is 49.4 Å². The molecule has 1 unspecified atom stereocenters. The van der Waals surface area contributed by atoms with E-state index >= 15 is 0 Å². The van der Waals surface area contributed by atoms with Gasteiger partial charge >= 0.3 is 18.5 Å². The first kappa shape index (κ1) is 32.2. The number of nitrogens with one attached hydrogen (secondary N) is 1. The van der Waals surface area contributed by atoms with E-state index in [9.17, 15) is 53.5 Å². The minimum atomic E-state index is -5.31. The normalized spacial score (nSPS) is 13.7. The zero-order valence-corrected chi connectivity index (χ0v) is 20.8. The van der Waals surface area contributed by atoms with Crippen LogP contribution in [-0.2, 0) is 11.0 Å². The van der Waals surface area contributed by atoms with Crippen LogP contribution in [0.15, 0.2) is 42.5 Å². The third kappa shape index (κ3) is 9.02. The van der Waals surface area contributed by atoms with Crippen LogP contribution in [0.2, 0.25) is 10.0 Å². The predicted molar refractivity (Wildman–Crippen MR) is 122 cm³/mol. The van der Waals surface area contributed by atoms with E-state index in [4.69, 9.17) is 23.2 Å². The van der Waals surface area contributed by atoms with E-state index in [0.717, 1.165) is 25.2 Å². The fourth-order valence-corrected chi connectivity index (χ4v) is 3.50. The van der Waals surface area contributed by atoms with Crippen molar-refractivity contribution in [2.75, 3.05) is 20.1 Å². The molecule has 0 saturated heterocycles. The molecule has 16 heteroatoms. The maximum atomic E-state index is 14.9. The van der Waals surface area contributed by atoms with Gasteiger partial charge in [-0.15, -0.1) is 0 Å². The smallest absolute Gasteiger partial charge is 0.343 e. The van der Waals surface area contributed by atoms with Gasteiger partial charge in [-0.1, -0.05) is 35.3 Å². The molecule has 0 fully saturated rings. The van der Waals surface area contributed by atoms with Crippen molar-refractivity contribution in [2.24, 2.45) is 0 Å². The van der Waals surface area contributed by atoms with Gasteiger partial charge in [0.25, 0.3) is 5.91 Å². The quantitative estimate of drug-likeness (QED) is 0.331. The molecular formula is C23H16Cl2F10N2O2. The molecule has 0 aliphatic rings. The van der Waals surface area contributed by atoms with Crippen LogP contribution in [0.1, 0.15) is 33.0 Å². The van der Waals surface area contributed by atoms with Gasteiger partial charge in [-0.05, 0) is 35.9 Å². The second-order valence-corrected chi connectivity index (χ2v) is 8.83. The van der Waals surface area contributed by atoms with Crippen LogP contribution >= 0.6 is 23.2 Å². The van der Waals surface area contributed by atoms with Crippen molar-refractivity contribution >= 4 is 40.8 Å². The Hall–Kier alpha value is -3.00. The van der Waals surface area contributed by atoms with Crippen LogP contribution in [-0.4, -0.2) is 49.2 Å². The Bertz CT molecular complexity index is 1260. The van der Waals surface area contributed by atoms with Crippen molar-refractivity contribution in [3.05, 3.63) is 74.8 Å². The molecule has 2 amide bonds. The minimum absolute atomic E-state index is 0.0178. The van der Waals surface area contributed by atoms with Crippen LogP contribution in [0.5, 0.6) is 0 Å². The van der Waals surface area contributed by atoms with Crippen molar-refractivity contribution in [3.63, 3.8) is 0 Å². The maximum absolute atomic E-state index is 14.9. The lowest BCUT2D eigenvalue weighted by atomic mass is 9.95. The van der Waals surface area contributed by atoms with Gasteiger partial charge in [0, 0.05) is 12.6 Å². The molecule has 0 aliphatic heterocycles. The van der Waals surface area contributed by atoms with E-state index < -0.39 is 77.4 Å². The Labute approximate surface area is 224 Å². The van der Waals surface area contributed by atoms with Crippen molar-refractivity contribution in [1.29, 1.82) is 0 Å². The van der Waals surface area contributed by atoms with Crippen molar-refractivity contribution < 1.29 is 53.5 Å². The summed E-state index contributed by atoms with van der Waals surface area (Å²) in [5, 5.41) is 1.36. The Balaban J connectivity index is 2.39. The zero-order valence-electron chi connectivity index (χ0n) is 19.3. The summed E-state index contributed by atoms with van der Waals surface area (Å²) in [4.78, 5) is 24.2. The average Bonchev–Trinajstić information content (AvgIpc) is 2.79. The lowest BCUT2D eigenvalue weighted by molar-refractivity contribution is -0.157. The molecule has 39 heavy (non-hydrogen) atoms. The molecule has 0 saturated carbocycles. The number of carbonyl (C=O) groups excluding carboxylic acids is 2. The third-order valence-corrected chi connectivity index (χ3v) is 5.80. The Morgan fingerprint density at radius 3 is 2.08 bits per heavy atom. The molecule has 0 aliphatic carbocycles. The standard InChI is InChI=1S/C23H16Cl2F10N2O2/c1-37(10-21(27,28)29)19(38)9-36-20(39)13-4-2-12(6-15(13)23(33,34)35)18(26)8-14(22(30,31)32)11-3-5-16(24)17(25)7-11/h2-8,14H,9-10H2,1H3,(H,36,39)/b18-8-. The van der Waals surface area contributed by atoms with Crippen LogP contribution in [0.4, 0.5) is 43.9 Å². The number of alkyl halides is 9. The number of likely N-dealkylation sites (N-methyl/N-ethyl adjacent to an activating group) is 1. The third-order valence-electron chi connectivity index (χ3n) is 5.06. The van der Waals surface area contributed by atoms with Gasteiger partial charge in [-0.3, -0.25) is 9.59 Å². The average molecular weight is 613 g/mol. The summed E-state index contributed by atoms with van der Waals surface area (Å²) in [6, 6.07) is 3.86. The Morgan fingerprint density at radius 2 is 1.56 bits per heavy atom. The predicted octanol–water partition coefficient (Wildman–Crippen LogP) is 7.42. The highest BCUT2D eigenvalue weighted by atomic mass is 35.5. The van der Waals surface area contributed by atoms with Gasteiger partial charge in [0.1, 0.15) is 18.3 Å². The molecular weight excluding hydrogens is 597 g/mol. The number of allylic oxidation sites excluding steroid dienone is 1. The number of benzene rings is 2. The van der Waals surface area contributed by atoms with E-state index in [-0.39, 0.29) is 27.1 Å². The highest BCUT2D eigenvalue weighted by Gasteiger charge is 2.41. The van der Waals surface area contributed by atoms with E-state index in [2.05, 4.69) is 0 Å². The lowest BCUT2D eigenvalue weighted by Gasteiger charge is -2.20. The van der Waals surface area contributed by atoms with E-state index in [1.54, 1.807) is 5.32 Å². The first-order valence-electron chi connectivity index (χ1n) is 10.4. The van der Waals surface area contributed by atoms with Gasteiger partial charge in [0.2, 0.25) is 5.91 Å². The largest absolute Gasteiger partial charge is 0.417 e. The summed E-state index contributed by atoms with van der Waals surface area (Å²) in [6.07, 6.45) is -15.2. The number of hydrogen-bond acceptors (Lipinski definition) is 2. The van der Waals surface area contributed by atoms with Crippen LogP contribution in [0, 0.1) is 0 Å². The molecule has 2 aromatic rings. The number of amides is 2. The van der Waals surface area contributed by atoms with Crippen LogP contribution < -0.4 is 5.32 Å². The Morgan fingerprint density at radius 1 is 0.949 bits per heavy atom. The van der Waals surface area contributed by atoms with Crippen LogP contribution in [0.25, 0.3) is 5.83 Å². The molecule has 214 valence electrons. The highest BCUT2D eigenvalue weighted by molar-refractivity contribution is 6.42. The minimum Gasteiger partial charge on any atom is -0.343 e. The summed E-state index contributed by atoms with van der Waals surface area (Å²) in [5.74, 6) is -7.18. The first-order chi connectivity index (χ1) is 17.7. The molecule has 0 spiro atoms. The number of halogens is 12. The maximum Gasteiger partial charge on any atom is 0.417 e. The molecule has 1 N–H and O–H groups in total. The number of carbonyl (C=O) groups is 2. The highest BCUT2D eigenvalue weighted by Crippen LogP contribution is 2.41. The van der Waals surface area contributed by atoms with E-state index in [0.29, 0.717) is 12.1 Å².